The summed E-state index contributed by atoms with van der Waals surface area (Å²) in [6.07, 6.45) is 0. The molecule has 13 heavy (non-hydrogen) atoms. The van der Waals surface area contributed by atoms with Crippen LogP contribution in [0.1, 0.15) is 22.7 Å². The summed E-state index contributed by atoms with van der Waals surface area (Å²) in [7, 11) is 0. The van der Waals surface area contributed by atoms with Gasteiger partial charge in [0.1, 0.15) is 0 Å². The number of hydrogen-bond donors (Lipinski definition) is 2. The molecule has 2 nitrogen and oxygen atoms in total. The van der Waals surface area contributed by atoms with Gasteiger partial charge in [-0.3, -0.25) is 0 Å². The van der Waals surface area contributed by atoms with Crippen LogP contribution in [0, 0.1) is 13.8 Å². The van der Waals surface area contributed by atoms with Gasteiger partial charge in [0.2, 0.25) is 0 Å². The first kappa shape index (κ1) is 12.4. The van der Waals surface area contributed by atoms with Crippen molar-refractivity contribution in [3.8, 4) is 0 Å². The van der Waals surface area contributed by atoms with E-state index in [0.29, 0.717) is 6.54 Å². The van der Waals surface area contributed by atoms with Gasteiger partial charge in [-0.15, -0.1) is 12.4 Å². The highest BCUT2D eigenvalue weighted by Gasteiger charge is 2.05. The summed E-state index contributed by atoms with van der Waals surface area (Å²) in [6, 6.07) is 6.23. The maximum absolute atomic E-state index is 5.82. The third-order valence-electron chi connectivity index (χ3n) is 2.08. The van der Waals surface area contributed by atoms with Gasteiger partial charge in [-0.2, -0.15) is 0 Å². The zero-order valence-corrected chi connectivity index (χ0v) is 8.90. The predicted molar refractivity (Wildman–Crippen MR) is 59.1 cm³/mol. The van der Waals surface area contributed by atoms with Crippen molar-refractivity contribution in [3.63, 3.8) is 0 Å². The topological polar surface area (TPSA) is 52.0 Å². The number of rotatable bonds is 2. The molecule has 0 saturated heterocycles. The zero-order valence-electron chi connectivity index (χ0n) is 8.08. The summed E-state index contributed by atoms with van der Waals surface area (Å²) in [4.78, 5) is 0. The van der Waals surface area contributed by atoms with Gasteiger partial charge in [-0.1, -0.05) is 23.8 Å². The standard InChI is InChI=1S/C10H16N2.ClH/c1-7-3-4-9(8(2)5-7)10(12)6-11;/h3-5,10H,6,11-12H2,1-2H3;1H/t10-;/m0./s1. The summed E-state index contributed by atoms with van der Waals surface area (Å²) in [5, 5.41) is 0. The van der Waals surface area contributed by atoms with Crippen molar-refractivity contribution < 1.29 is 0 Å². The Morgan fingerprint density at radius 2 is 1.92 bits per heavy atom. The molecule has 3 heteroatoms. The average Bonchev–Trinajstić information content (AvgIpc) is 2.03. The number of hydrogen-bond acceptors (Lipinski definition) is 2. The minimum Gasteiger partial charge on any atom is -0.329 e. The van der Waals surface area contributed by atoms with E-state index in [1.54, 1.807) is 0 Å². The molecule has 0 bridgehead atoms. The summed E-state index contributed by atoms with van der Waals surface area (Å²) >= 11 is 0. The highest BCUT2D eigenvalue weighted by Crippen LogP contribution is 2.15. The average molecular weight is 201 g/mol. The Morgan fingerprint density at radius 3 is 2.38 bits per heavy atom. The highest BCUT2D eigenvalue weighted by molar-refractivity contribution is 5.85. The highest BCUT2D eigenvalue weighted by atomic mass is 35.5. The molecule has 0 aliphatic carbocycles. The minimum absolute atomic E-state index is 0. The monoisotopic (exact) mass is 200 g/mol. The van der Waals surface area contributed by atoms with Crippen LogP contribution in [0.25, 0.3) is 0 Å². The van der Waals surface area contributed by atoms with Crippen LogP contribution in [0.5, 0.6) is 0 Å². The molecule has 0 fully saturated rings. The fourth-order valence-electron chi connectivity index (χ4n) is 1.37. The maximum atomic E-state index is 5.82. The minimum atomic E-state index is -0.0226. The van der Waals surface area contributed by atoms with E-state index >= 15 is 0 Å². The second-order valence-electron chi connectivity index (χ2n) is 3.20. The Labute approximate surface area is 85.7 Å². The molecule has 0 radical (unpaired) electrons. The van der Waals surface area contributed by atoms with Crippen molar-refractivity contribution in [2.45, 2.75) is 19.9 Å². The summed E-state index contributed by atoms with van der Waals surface area (Å²) < 4.78 is 0. The van der Waals surface area contributed by atoms with Gasteiger partial charge >= 0.3 is 0 Å². The predicted octanol–water partition coefficient (Wildman–Crippen LogP) is 1.68. The lowest BCUT2D eigenvalue weighted by Gasteiger charge is -2.12. The first-order valence-electron chi connectivity index (χ1n) is 4.18. The van der Waals surface area contributed by atoms with Gasteiger partial charge in [0.15, 0.2) is 0 Å². The Hall–Kier alpha value is -0.570. The molecule has 0 amide bonds. The SMILES string of the molecule is Cc1ccc([C@@H](N)CN)c(C)c1.Cl. The lowest BCUT2D eigenvalue weighted by molar-refractivity contribution is 0.731. The third kappa shape index (κ3) is 2.99. The van der Waals surface area contributed by atoms with Crippen LogP contribution < -0.4 is 11.5 Å². The zero-order chi connectivity index (χ0) is 9.14. The second-order valence-corrected chi connectivity index (χ2v) is 3.20. The van der Waals surface area contributed by atoms with E-state index in [1.807, 2.05) is 0 Å². The van der Waals surface area contributed by atoms with Gasteiger partial charge in [0.05, 0.1) is 0 Å². The molecule has 0 aliphatic heterocycles. The molecular formula is C10H17ClN2. The van der Waals surface area contributed by atoms with Crippen LogP contribution in [0.4, 0.5) is 0 Å². The fraction of sp³-hybridized carbons (Fsp3) is 0.400. The van der Waals surface area contributed by atoms with Crippen LogP contribution in [0.15, 0.2) is 18.2 Å². The first-order chi connectivity index (χ1) is 5.65. The molecule has 0 heterocycles. The van der Waals surface area contributed by atoms with Gasteiger partial charge in [-0.05, 0) is 25.0 Å². The molecule has 1 aromatic rings. The molecule has 0 aromatic heterocycles. The summed E-state index contributed by atoms with van der Waals surface area (Å²) in [5.74, 6) is 0. The second kappa shape index (κ2) is 5.22. The lowest BCUT2D eigenvalue weighted by Crippen LogP contribution is -2.21. The number of benzene rings is 1. The van der Waals surface area contributed by atoms with E-state index < -0.39 is 0 Å². The van der Waals surface area contributed by atoms with E-state index in [2.05, 4.69) is 32.0 Å². The smallest absolute Gasteiger partial charge is 0.0422 e. The van der Waals surface area contributed by atoms with Crippen LogP contribution in [0.2, 0.25) is 0 Å². The molecule has 0 aliphatic rings. The van der Waals surface area contributed by atoms with Crippen LogP contribution in [-0.4, -0.2) is 6.54 Å². The molecule has 74 valence electrons. The summed E-state index contributed by atoms with van der Waals surface area (Å²) in [6.45, 7) is 4.65. The van der Waals surface area contributed by atoms with Crippen LogP contribution in [-0.2, 0) is 0 Å². The first-order valence-corrected chi connectivity index (χ1v) is 4.18. The van der Waals surface area contributed by atoms with Gasteiger partial charge < -0.3 is 11.5 Å². The largest absolute Gasteiger partial charge is 0.329 e. The number of halogens is 1. The third-order valence-corrected chi connectivity index (χ3v) is 2.08. The normalized spacial score (nSPS) is 12.0. The van der Waals surface area contributed by atoms with Crippen molar-refractivity contribution in [1.82, 2.24) is 0 Å². The van der Waals surface area contributed by atoms with Crippen molar-refractivity contribution >= 4 is 12.4 Å². The molecule has 0 saturated carbocycles. The van der Waals surface area contributed by atoms with Crippen molar-refractivity contribution in [2.75, 3.05) is 6.54 Å². The Morgan fingerprint density at radius 1 is 1.31 bits per heavy atom. The van der Waals surface area contributed by atoms with E-state index in [-0.39, 0.29) is 18.4 Å². The summed E-state index contributed by atoms with van der Waals surface area (Å²) in [5.41, 5.74) is 15.0. The fourth-order valence-corrected chi connectivity index (χ4v) is 1.37. The molecule has 0 unspecified atom stereocenters. The molecule has 4 N–H and O–H groups in total. The van der Waals surface area contributed by atoms with E-state index in [1.165, 1.54) is 11.1 Å². The van der Waals surface area contributed by atoms with E-state index in [4.69, 9.17) is 11.5 Å². The Bertz CT molecular complexity index is 274. The Kier molecular flexibility index (Phi) is 4.99. The van der Waals surface area contributed by atoms with E-state index in [0.717, 1.165) is 5.56 Å². The lowest BCUT2D eigenvalue weighted by atomic mass is 10.00. The van der Waals surface area contributed by atoms with Gasteiger partial charge in [-0.25, -0.2) is 0 Å². The molecule has 1 atom stereocenters. The van der Waals surface area contributed by atoms with E-state index in [9.17, 15) is 0 Å². The number of nitrogens with two attached hydrogens (primary N) is 2. The maximum Gasteiger partial charge on any atom is 0.0422 e. The molecular weight excluding hydrogens is 184 g/mol. The Balaban J connectivity index is 0.00000144. The van der Waals surface area contributed by atoms with Gasteiger partial charge in [0.25, 0.3) is 0 Å². The van der Waals surface area contributed by atoms with Gasteiger partial charge in [0, 0.05) is 12.6 Å². The van der Waals surface area contributed by atoms with Crippen LogP contribution in [0.3, 0.4) is 0 Å². The van der Waals surface area contributed by atoms with Crippen molar-refractivity contribution in [1.29, 1.82) is 0 Å². The molecule has 1 rings (SSSR count). The quantitative estimate of drug-likeness (QED) is 0.764. The molecule has 0 spiro atoms. The van der Waals surface area contributed by atoms with Crippen molar-refractivity contribution in [3.05, 3.63) is 34.9 Å². The van der Waals surface area contributed by atoms with Crippen LogP contribution >= 0.6 is 12.4 Å². The number of aryl methyl sites for hydroxylation is 2. The molecule has 1 aromatic carbocycles. The van der Waals surface area contributed by atoms with Crippen molar-refractivity contribution in [2.24, 2.45) is 11.5 Å².